The maximum absolute atomic E-state index is 12.4. The molecule has 1 amide bonds. The molecule has 0 bridgehead atoms. The third-order valence-corrected chi connectivity index (χ3v) is 3.70. The standard InChI is InChI=1S/C16H17N5O3/c1-3-10(2)18-14(22)15-19-13(20-24-15)8-21-9-17-12-7-5-4-6-11(12)16(21)23/h4-7,9-10H,3,8H2,1-2H3,(H,18,22)/t10-/m1/s1. The summed E-state index contributed by atoms with van der Waals surface area (Å²) in [6, 6.07) is 7.09. The normalized spacial score (nSPS) is 12.2. The Labute approximate surface area is 137 Å². The van der Waals surface area contributed by atoms with Crippen LogP contribution in [0.4, 0.5) is 0 Å². The monoisotopic (exact) mass is 327 g/mol. The minimum Gasteiger partial charge on any atom is -0.345 e. The lowest BCUT2D eigenvalue weighted by Crippen LogP contribution is -2.32. The van der Waals surface area contributed by atoms with Gasteiger partial charge in [0.2, 0.25) is 0 Å². The first-order valence-electron chi connectivity index (χ1n) is 7.66. The minimum absolute atomic E-state index is 0.0140. The van der Waals surface area contributed by atoms with E-state index in [9.17, 15) is 9.59 Å². The molecule has 0 aliphatic carbocycles. The van der Waals surface area contributed by atoms with Crippen molar-refractivity contribution in [3.63, 3.8) is 0 Å². The van der Waals surface area contributed by atoms with E-state index >= 15 is 0 Å². The van der Waals surface area contributed by atoms with Gasteiger partial charge < -0.3 is 9.84 Å². The molecule has 0 radical (unpaired) electrons. The second-order valence-corrected chi connectivity index (χ2v) is 5.49. The summed E-state index contributed by atoms with van der Waals surface area (Å²) in [4.78, 5) is 32.6. The summed E-state index contributed by atoms with van der Waals surface area (Å²) >= 11 is 0. The topological polar surface area (TPSA) is 103 Å². The minimum atomic E-state index is -0.424. The summed E-state index contributed by atoms with van der Waals surface area (Å²) in [6.45, 7) is 3.93. The Morgan fingerprint density at radius 3 is 2.96 bits per heavy atom. The van der Waals surface area contributed by atoms with E-state index in [4.69, 9.17) is 4.52 Å². The van der Waals surface area contributed by atoms with Crippen LogP contribution in [0.25, 0.3) is 10.9 Å². The zero-order chi connectivity index (χ0) is 17.1. The summed E-state index contributed by atoms with van der Waals surface area (Å²) in [7, 11) is 0. The number of hydrogen-bond acceptors (Lipinski definition) is 6. The van der Waals surface area contributed by atoms with Crippen molar-refractivity contribution in [1.82, 2.24) is 25.0 Å². The molecule has 0 saturated heterocycles. The first-order valence-corrected chi connectivity index (χ1v) is 7.66. The van der Waals surface area contributed by atoms with Crippen LogP contribution in [-0.4, -0.2) is 31.6 Å². The van der Waals surface area contributed by atoms with Crippen molar-refractivity contribution in [1.29, 1.82) is 0 Å². The number of carbonyl (C=O) groups excluding carboxylic acids is 1. The fourth-order valence-corrected chi connectivity index (χ4v) is 2.17. The summed E-state index contributed by atoms with van der Waals surface area (Å²) in [5.74, 6) is -0.303. The Morgan fingerprint density at radius 1 is 1.38 bits per heavy atom. The molecule has 8 heteroatoms. The van der Waals surface area contributed by atoms with Crippen molar-refractivity contribution in [3.8, 4) is 0 Å². The van der Waals surface area contributed by atoms with E-state index in [1.54, 1.807) is 18.2 Å². The van der Waals surface area contributed by atoms with Crippen LogP contribution in [0.3, 0.4) is 0 Å². The van der Waals surface area contributed by atoms with E-state index in [-0.39, 0.29) is 29.9 Å². The second-order valence-electron chi connectivity index (χ2n) is 5.49. The van der Waals surface area contributed by atoms with E-state index < -0.39 is 5.91 Å². The van der Waals surface area contributed by atoms with Gasteiger partial charge in [0.15, 0.2) is 5.82 Å². The van der Waals surface area contributed by atoms with Gasteiger partial charge >= 0.3 is 11.8 Å². The van der Waals surface area contributed by atoms with Gasteiger partial charge in [-0.15, -0.1) is 0 Å². The highest BCUT2D eigenvalue weighted by atomic mass is 16.5. The number of hydrogen-bond donors (Lipinski definition) is 1. The van der Waals surface area contributed by atoms with Crippen molar-refractivity contribution >= 4 is 16.8 Å². The number of nitrogens with one attached hydrogen (secondary N) is 1. The third-order valence-electron chi connectivity index (χ3n) is 3.70. The van der Waals surface area contributed by atoms with Gasteiger partial charge in [0, 0.05) is 6.04 Å². The molecule has 0 fully saturated rings. The molecule has 2 heterocycles. The van der Waals surface area contributed by atoms with Gasteiger partial charge in [-0.25, -0.2) is 4.98 Å². The van der Waals surface area contributed by atoms with Crippen LogP contribution in [-0.2, 0) is 6.54 Å². The highest BCUT2D eigenvalue weighted by Gasteiger charge is 2.17. The lowest BCUT2D eigenvalue weighted by atomic mass is 10.2. The van der Waals surface area contributed by atoms with E-state index in [0.717, 1.165) is 6.42 Å². The van der Waals surface area contributed by atoms with Crippen molar-refractivity contribution in [2.75, 3.05) is 0 Å². The van der Waals surface area contributed by atoms with Crippen LogP contribution in [0, 0.1) is 0 Å². The van der Waals surface area contributed by atoms with Crippen LogP contribution < -0.4 is 10.9 Å². The Balaban J connectivity index is 1.81. The number of nitrogens with zero attached hydrogens (tertiary/aromatic N) is 4. The Kier molecular flexibility index (Phi) is 4.37. The Morgan fingerprint density at radius 2 is 2.17 bits per heavy atom. The third kappa shape index (κ3) is 3.17. The molecule has 0 saturated carbocycles. The molecule has 0 aliphatic rings. The first kappa shape index (κ1) is 15.9. The highest BCUT2D eigenvalue weighted by Crippen LogP contribution is 2.06. The van der Waals surface area contributed by atoms with E-state index in [1.807, 2.05) is 19.9 Å². The van der Waals surface area contributed by atoms with Crippen LogP contribution in [0.15, 0.2) is 39.9 Å². The highest BCUT2D eigenvalue weighted by molar-refractivity contribution is 5.89. The summed E-state index contributed by atoms with van der Waals surface area (Å²) in [6.07, 6.45) is 2.23. The molecule has 2 aromatic heterocycles. The van der Waals surface area contributed by atoms with Crippen LogP contribution >= 0.6 is 0 Å². The van der Waals surface area contributed by atoms with Gasteiger partial charge in [-0.05, 0) is 25.5 Å². The fraction of sp³-hybridized carbons (Fsp3) is 0.312. The van der Waals surface area contributed by atoms with Crippen LogP contribution in [0.1, 0.15) is 36.8 Å². The Hall–Kier alpha value is -3.03. The van der Waals surface area contributed by atoms with Crippen LogP contribution in [0.2, 0.25) is 0 Å². The molecule has 1 N–H and O–H groups in total. The van der Waals surface area contributed by atoms with Gasteiger partial charge in [0.1, 0.15) is 0 Å². The predicted octanol–water partition coefficient (Wildman–Crippen LogP) is 1.36. The number of para-hydroxylation sites is 1. The predicted molar refractivity (Wildman–Crippen MR) is 86.6 cm³/mol. The Bertz CT molecular complexity index is 931. The molecule has 0 aliphatic heterocycles. The lowest BCUT2D eigenvalue weighted by molar-refractivity contribution is 0.0895. The SMILES string of the molecule is CC[C@@H](C)NC(=O)c1nc(Cn2cnc3ccccc3c2=O)no1. The van der Waals surface area contributed by atoms with Gasteiger partial charge in [-0.3, -0.25) is 14.2 Å². The summed E-state index contributed by atoms with van der Waals surface area (Å²) in [5.41, 5.74) is 0.427. The molecule has 1 atom stereocenters. The van der Waals surface area contributed by atoms with Crippen molar-refractivity contribution in [2.45, 2.75) is 32.9 Å². The maximum atomic E-state index is 12.4. The largest absolute Gasteiger partial charge is 0.345 e. The zero-order valence-corrected chi connectivity index (χ0v) is 13.4. The van der Waals surface area contributed by atoms with Crippen molar-refractivity contribution in [3.05, 3.63) is 52.7 Å². The molecule has 124 valence electrons. The fourth-order valence-electron chi connectivity index (χ4n) is 2.17. The van der Waals surface area contributed by atoms with Gasteiger partial charge in [-0.1, -0.05) is 24.2 Å². The number of rotatable bonds is 5. The molecule has 0 spiro atoms. The number of carbonyl (C=O) groups is 1. The smallest absolute Gasteiger partial charge is 0.316 e. The number of aromatic nitrogens is 4. The van der Waals surface area contributed by atoms with E-state index in [1.165, 1.54) is 10.9 Å². The van der Waals surface area contributed by atoms with Gasteiger partial charge in [-0.2, -0.15) is 4.98 Å². The summed E-state index contributed by atoms with van der Waals surface area (Å²) < 4.78 is 6.34. The molecular weight excluding hydrogens is 310 g/mol. The van der Waals surface area contributed by atoms with Crippen LogP contribution in [0.5, 0.6) is 0 Å². The van der Waals surface area contributed by atoms with E-state index in [2.05, 4.69) is 20.4 Å². The molecule has 0 unspecified atom stereocenters. The molecule has 24 heavy (non-hydrogen) atoms. The zero-order valence-electron chi connectivity index (χ0n) is 13.4. The first-order chi connectivity index (χ1) is 11.6. The van der Waals surface area contributed by atoms with Gasteiger partial charge in [0.05, 0.1) is 23.8 Å². The molecule has 3 aromatic rings. The number of fused-ring (bicyclic) bond motifs is 1. The number of amides is 1. The molecule has 8 nitrogen and oxygen atoms in total. The van der Waals surface area contributed by atoms with Crippen molar-refractivity contribution in [2.24, 2.45) is 0 Å². The van der Waals surface area contributed by atoms with Gasteiger partial charge in [0.25, 0.3) is 5.56 Å². The molecule has 3 rings (SSSR count). The van der Waals surface area contributed by atoms with E-state index in [0.29, 0.717) is 10.9 Å². The second kappa shape index (κ2) is 6.61. The lowest BCUT2D eigenvalue weighted by Gasteiger charge is -2.07. The number of benzene rings is 1. The molecular formula is C16H17N5O3. The average Bonchev–Trinajstić information content (AvgIpc) is 3.06. The maximum Gasteiger partial charge on any atom is 0.316 e. The van der Waals surface area contributed by atoms with Crippen molar-refractivity contribution < 1.29 is 9.32 Å². The quantitative estimate of drug-likeness (QED) is 0.759. The summed E-state index contributed by atoms with van der Waals surface area (Å²) in [5, 5.41) is 7.01. The average molecular weight is 327 g/mol. The molecule has 1 aromatic carbocycles.